The molecule has 2 N–H and O–H groups in total. The lowest BCUT2D eigenvalue weighted by atomic mass is 10.2. The quantitative estimate of drug-likeness (QED) is 0.561. The van der Waals surface area contributed by atoms with Crippen LogP contribution in [0.2, 0.25) is 0 Å². The normalized spacial score (nSPS) is 10.8. The standard InChI is InChI=1S/C15H13Br2N3O3/c1-8-3-4-9(6-18-8)15(22)20-19-7-10-5-11(23-2)14(21)13(17)12(10)16/h3-7,21H,1-2H3,(H,20,22). The monoisotopic (exact) mass is 441 g/mol. The molecule has 1 aromatic heterocycles. The van der Waals surface area contributed by atoms with Crippen molar-refractivity contribution in [1.29, 1.82) is 0 Å². The predicted octanol–water partition coefficient (Wildman–Crippen LogP) is 3.39. The molecule has 0 fully saturated rings. The second kappa shape index (κ2) is 7.56. The summed E-state index contributed by atoms with van der Waals surface area (Å²) in [6, 6.07) is 5.01. The molecule has 0 radical (unpaired) electrons. The number of aryl methyl sites for hydroxylation is 1. The summed E-state index contributed by atoms with van der Waals surface area (Å²) >= 11 is 6.59. The Balaban J connectivity index is 2.16. The molecule has 0 aliphatic rings. The van der Waals surface area contributed by atoms with Crippen LogP contribution < -0.4 is 10.2 Å². The Labute approximate surface area is 149 Å². The number of pyridine rings is 1. The molecule has 0 unspecified atom stereocenters. The molecule has 0 saturated carbocycles. The van der Waals surface area contributed by atoms with Gasteiger partial charge in [-0.05, 0) is 57.0 Å². The minimum absolute atomic E-state index is 0.0220. The number of amides is 1. The average molecular weight is 443 g/mol. The number of phenolic OH excluding ortho intramolecular Hbond substituents is 1. The Bertz CT molecular complexity index is 762. The molecule has 1 heterocycles. The van der Waals surface area contributed by atoms with E-state index in [0.29, 0.717) is 20.1 Å². The largest absolute Gasteiger partial charge is 0.503 e. The van der Waals surface area contributed by atoms with Crippen molar-refractivity contribution in [2.75, 3.05) is 7.11 Å². The highest BCUT2D eigenvalue weighted by molar-refractivity contribution is 9.13. The van der Waals surface area contributed by atoms with Gasteiger partial charge >= 0.3 is 0 Å². The van der Waals surface area contributed by atoms with E-state index in [-0.39, 0.29) is 17.4 Å². The van der Waals surface area contributed by atoms with Crippen LogP contribution in [0.3, 0.4) is 0 Å². The Kier molecular flexibility index (Phi) is 5.73. The summed E-state index contributed by atoms with van der Waals surface area (Å²) in [4.78, 5) is 16.0. The first kappa shape index (κ1) is 17.4. The van der Waals surface area contributed by atoms with Crippen molar-refractivity contribution in [2.45, 2.75) is 6.92 Å². The summed E-state index contributed by atoms with van der Waals surface area (Å²) in [5.74, 6) is -0.100. The van der Waals surface area contributed by atoms with Crippen molar-refractivity contribution in [3.05, 3.63) is 50.2 Å². The molecule has 0 saturated heterocycles. The highest BCUT2D eigenvalue weighted by Gasteiger charge is 2.13. The maximum absolute atomic E-state index is 11.9. The van der Waals surface area contributed by atoms with E-state index in [1.165, 1.54) is 19.5 Å². The van der Waals surface area contributed by atoms with Crippen LogP contribution in [0.25, 0.3) is 0 Å². The van der Waals surface area contributed by atoms with Gasteiger partial charge in [0.2, 0.25) is 0 Å². The Morgan fingerprint density at radius 2 is 2.13 bits per heavy atom. The molecule has 0 aliphatic heterocycles. The predicted molar refractivity (Wildman–Crippen MR) is 94.1 cm³/mol. The molecule has 2 rings (SSSR count). The van der Waals surface area contributed by atoms with Gasteiger partial charge in [0.25, 0.3) is 5.91 Å². The molecule has 2 aromatic rings. The third kappa shape index (κ3) is 4.08. The summed E-state index contributed by atoms with van der Waals surface area (Å²) in [5.41, 5.74) is 4.28. The first-order chi connectivity index (χ1) is 10.9. The van der Waals surface area contributed by atoms with Crippen molar-refractivity contribution < 1.29 is 14.6 Å². The van der Waals surface area contributed by atoms with E-state index in [2.05, 4.69) is 47.4 Å². The van der Waals surface area contributed by atoms with E-state index in [0.717, 1.165) is 5.69 Å². The van der Waals surface area contributed by atoms with Crippen LogP contribution in [-0.2, 0) is 0 Å². The zero-order valence-corrected chi connectivity index (χ0v) is 15.5. The van der Waals surface area contributed by atoms with Gasteiger partial charge < -0.3 is 9.84 Å². The third-order valence-corrected chi connectivity index (χ3v) is 5.10. The number of halogens is 2. The van der Waals surface area contributed by atoms with Gasteiger partial charge in [0.15, 0.2) is 11.5 Å². The number of hydrazone groups is 1. The number of aromatic nitrogens is 1. The number of methoxy groups -OCH3 is 1. The van der Waals surface area contributed by atoms with E-state index in [9.17, 15) is 9.90 Å². The van der Waals surface area contributed by atoms with Gasteiger partial charge in [0.05, 0.1) is 23.4 Å². The molecule has 23 heavy (non-hydrogen) atoms. The van der Waals surface area contributed by atoms with Crippen molar-refractivity contribution in [3.63, 3.8) is 0 Å². The highest BCUT2D eigenvalue weighted by atomic mass is 79.9. The van der Waals surface area contributed by atoms with Gasteiger partial charge in [-0.2, -0.15) is 5.10 Å². The van der Waals surface area contributed by atoms with Crippen LogP contribution in [0.1, 0.15) is 21.6 Å². The number of hydrogen-bond acceptors (Lipinski definition) is 5. The van der Waals surface area contributed by atoms with Crippen LogP contribution in [0.15, 0.2) is 38.4 Å². The van der Waals surface area contributed by atoms with Crippen LogP contribution in [0, 0.1) is 6.92 Å². The van der Waals surface area contributed by atoms with Crippen LogP contribution in [0.4, 0.5) is 0 Å². The number of nitrogens with one attached hydrogen (secondary N) is 1. The lowest BCUT2D eigenvalue weighted by Gasteiger charge is -2.09. The Morgan fingerprint density at radius 3 is 2.74 bits per heavy atom. The van der Waals surface area contributed by atoms with Gasteiger partial charge in [-0.3, -0.25) is 9.78 Å². The fourth-order valence-corrected chi connectivity index (χ4v) is 2.52. The molecular formula is C15H13Br2N3O3. The number of aromatic hydroxyl groups is 1. The van der Waals surface area contributed by atoms with Gasteiger partial charge in [0.1, 0.15) is 0 Å². The fourth-order valence-electron chi connectivity index (χ4n) is 1.69. The summed E-state index contributed by atoms with van der Waals surface area (Å²) in [6.45, 7) is 1.84. The second-order valence-electron chi connectivity index (χ2n) is 4.53. The number of carbonyl (C=O) groups is 1. The molecular weight excluding hydrogens is 430 g/mol. The lowest BCUT2D eigenvalue weighted by Crippen LogP contribution is -2.17. The molecule has 1 aromatic carbocycles. The SMILES string of the molecule is COc1cc(C=NNC(=O)c2ccc(C)nc2)c(Br)c(Br)c1O. The van der Waals surface area contributed by atoms with Gasteiger partial charge in [-0.15, -0.1) is 0 Å². The second-order valence-corrected chi connectivity index (χ2v) is 6.12. The maximum Gasteiger partial charge on any atom is 0.272 e. The maximum atomic E-state index is 11.9. The summed E-state index contributed by atoms with van der Waals surface area (Å²) in [5, 5.41) is 13.8. The van der Waals surface area contributed by atoms with E-state index in [1.54, 1.807) is 18.2 Å². The summed E-state index contributed by atoms with van der Waals surface area (Å²) < 4.78 is 6.10. The first-order valence-electron chi connectivity index (χ1n) is 6.45. The number of rotatable bonds is 4. The Hall–Kier alpha value is -1.93. The molecule has 6 nitrogen and oxygen atoms in total. The molecule has 0 spiro atoms. The molecule has 0 aliphatic carbocycles. The summed E-state index contributed by atoms with van der Waals surface area (Å²) in [6.07, 6.45) is 2.92. The summed E-state index contributed by atoms with van der Waals surface area (Å²) in [7, 11) is 1.45. The highest BCUT2D eigenvalue weighted by Crippen LogP contribution is 2.41. The molecule has 1 amide bonds. The Morgan fingerprint density at radius 1 is 1.39 bits per heavy atom. The van der Waals surface area contributed by atoms with E-state index in [1.807, 2.05) is 6.92 Å². The minimum Gasteiger partial charge on any atom is -0.503 e. The molecule has 120 valence electrons. The van der Waals surface area contributed by atoms with Crippen LogP contribution in [0.5, 0.6) is 11.5 Å². The van der Waals surface area contributed by atoms with Crippen molar-refractivity contribution >= 4 is 44.0 Å². The number of nitrogens with zero attached hydrogens (tertiary/aromatic N) is 2. The smallest absolute Gasteiger partial charge is 0.272 e. The third-order valence-electron chi connectivity index (χ3n) is 2.94. The zero-order valence-electron chi connectivity index (χ0n) is 12.3. The van der Waals surface area contributed by atoms with Gasteiger partial charge in [-0.1, -0.05) is 0 Å². The van der Waals surface area contributed by atoms with E-state index in [4.69, 9.17) is 4.74 Å². The number of benzene rings is 1. The average Bonchev–Trinajstić information content (AvgIpc) is 2.55. The van der Waals surface area contributed by atoms with E-state index < -0.39 is 0 Å². The zero-order chi connectivity index (χ0) is 17.0. The molecule has 0 bridgehead atoms. The van der Waals surface area contributed by atoms with E-state index >= 15 is 0 Å². The number of hydrogen-bond donors (Lipinski definition) is 2. The number of carbonyl (C=O) groups excluding carboxylic acids is 1. The molecule has 8 heteroatoms. The number of ether oxygens (including phenoxy) is 1. The van der Waals surface area contributed by atoms with Crippen LogP contribution >= 0.6 is 31.9 Å². The van der Waals surface area contributed by atoms with Crippen molar-refractivity contribution in [1.82, 2.24) is 10.4 Å². The minimum atomic E-state index is -0.366. The lowest BCUT2D eigenvalue weighted by molar-refractivity contribution is 0.0955. The first-order valence-corrected chi connectivity index (χ1v) is 8.03. The van der Waals surface area contributed by atoms with Crippen molar-refractivity contribution in [3.8, 4) is 11.5 Å². The van der Waals surface area contributed by atoms with Gasteiger partial charge in [-0.25, -0.2) is 5.43 Å². The number of phenols is 1. The van der Waals surface area contributed by atoms with Gasteiger partial charge in [0, 0.05) is 21.9 Å². The molecule has 0 atom stereocenters. The fraction of sp³-hybridized carbons (Fsp3) is 0.133. The topological polar surface area (TPSA) is 83.8 Å². The van der Waals surface area contributed by atoms with Crippen LogP contribution in [-0.4, -0.2) is 29.3 Å². The van der Waals surface area contributed by atoms with Crippen molar-refractivity contribution in [2.24, 2.45) is 5.10 Å².